The second-order valence-electron chi connectivity index (χ2n) is 6.90. The summed E-state index contributed by atoms with van der Waals surface area (Å²) in [5.41, 5.74) is 0. The van der Waals surface area contributed by atoms with Gasteiger partial charge in [-0.2, -0.15) is 0 Å². The fourth-order valence-corrected chi connectivity index (χ4v) is 4.03. The number of hydrogen-bond acceptors (Lipinski definition) is 2. The van der Waals surface area contributed by atoms with Gasteiger partial charge < -0.3 is 9.80 Å². The average molecular weight is 266 g/mol. The molecule has 112 valence electrons. The number of unbranched alkanes of at least 4 members (excludes halogenated alkanes) is 4. The summed E-state index contributed by atoms with van der Waals surface area (Å²) in [6.07, 6.45) is 9.86. The molecule has 0 aromatic heterocycles. The van der Waals surface area contributed by atoms with Gasteiger partial charge >= 0.3 is 0 Å². The predicted molar refractivity (Wildman–Crippen MR) is 83.5 cm³/mol. The Kier molecular flexibility index (Phi) is 6.66. The van der Waals surface area contributed by atoms with Gasteiger partial charge in [-0.3, -0.25) is 0 Å². The molecule has 2 aliphatic heterocycles. The Labute approximate surface area is 120 Å². The third kappa shape index (κ3) is 5.07. The number of nitrogens with zero attached hydrogens (tertiary/aromatic N) is 2. The van der Waals surface area contributed by atoms with E-state index >= 15 is 0 Å². The van der Waals surface area contributed by atoms with Crippen molar-refractivity contribution in [3.05, 3.63) is 0 Å². The molecular formula is C17H34N2. The normalized spacial score (nSPS) is 28.7. The molecule has 0 radical (unpaired) electrons. The summed E-state index contributed by atoms with van der Waals surface area (Å²) in [5, 5.41) is 0. The molecule has 0 saturated carbocycles. The SMILES string of the molecule is CCCCCN1CC2CC(C1)CN(CCCCC)C2. The Hall–Kier alpha value is -0.0800. The lowest BCUT2D eigenvalue weighted by Gasteiger charge is -2.46. The number of likely N-dealkylation sites (tertiary alicyclic amines) is 2. The molecule has 0 unspecified atom stereocenters. The zero-order chi connectivity index (χ0) is 13.5. The van der Waals surface area contributed by atoms with Crippen LogP contribution in [0.3, 0.4) is 0 Å². The van der Waals surface area contributed by atoms with Gasteiger partial charge in [-0.05, 0) is 44.2 Å². The second-order valence-corrected chi connectivity index (χ2v) is 6.90. The minimum Gasteiger partial charge on any atom is -0.303 e. The van der Waals surface area contributed by atoms with E-state index < -0.39 is 0 Å². The van der Waals surface area contributed by atoms with E-state index in [9.17, 15) is 0 Å². The van der Waals surface area contributed by atoms with Crippen molar-refractivity contribution in [2.75, 3.05) is 39.3 Å². The van der Waals surface area contributed by atoms with Gasteiger partial charge in [-0.15, -0.1) is 0 Å². The molecule has 0 aliphatic carbocycles. The summed E-state index contributed by atoms with van der Waals surface area (Å²) in [6.45, 7) is 12.8. The van der Waals surface area contributed by atoms with Crippen molar-refractivity contribution in [3.8, 4) is 0 Å². The van der Waals surface area contributed by atoms with Gasteiger partial charge in [0.2, 0.25) is 0 Å². The van der Waals surface area contributed by atoms with E-state index in [4.69, 9.17) is 0 Å². The smallest absolute Gasteiger partial charge is 0.00221 e. The van der Waals surface area contributed by atoms with E-state index in [-0.39, 0.29) is 0 Å². The predicted octanol–water partition coefficient (Wildman–Crippen LogP) is 3.62. The minimum absolute atomic E-state index is 0.968. The third-order valence-electron chi connectivity index (χ3n) is 4.89. The van der Waals surface area contributed by atoms with Crippen LogP contribution in [-0.4, -0.2) is 49.1 Å². The van der Waals surface area contributed by atoms with Crippen LogP contribution in [0.2, 0.25) is 0 Å². The maximum atomic E-state index is 2.76. The number of hydrogen-bond donors (Lipinski definition) is 0. The van der Waals surface area contributed by atoms with Crippen molar-refractivity contribution in [1.82, 2.24) is 9.80 Å². The monoisotopic (exact) mass is 266 g/mol. The Bertz CT molecular complexity index is 205. The zero-order valence-electron chi connectivity index (χ0n) is 13.2. The Morgan fingerprint density at radius 2 is 1.11 bits per heavy atom. The Morgan fingerprint density at radius 1 is 0.684 bits per heavy atom. The van der Waals surface area contributed by atoms with Crippen molar-refractivity contribution in [3.63, 3.8) is 0 Å². The van der Waals surface area contributed by atoms with Gasteiger partial charge in [0.05, 0.1) is 0 Å². The Morgan fingerprint density at radius 3 is 1.47 bits per heavy atom. The van der Waals surface area contributed by atoms with E-state index in [1.807, 2.05) is 0 Å². The molecule has 0 amide bonds. The fourth-order valence-electron chi connectivity index (χ4n) is 4.03. The molecule has 0 N–H and O–H groups in total. The van der Waals surface area contributed by atoms with Crippen LogP contribution >= 0.6 is 0 Å². The van der Waals surface area contributed by atoms with E-state index in [0.717, 1.165) is 11.8 Å². The van der Waals surface area contributed by atoms with Crippen LogP contribution in [0.25, 0.3) is 0 Å². The van der Waals surface area contributed by atoms with E-state index in [2.05, 4.69) is 23.6 Å². The lowest BCUT2D eigenvalue weighted by atomic mass is 9.84. The van der Waals surface area contributed by atoms with Crippen molar-refractivity contribution in [1.29, 1.82) is 0 Å². The summed E-state index contributed by atoms with van der Waals surface area (Å²) >= 11 is 0. The van der Waals surface area contributed by atoms with Crippen molar-refractivity contribution < 1.29 is 0 Å². The topological polar surface area (TPSA) is 6.48 Å². The van der Waals surface area contributed by atoms with Crippen LogP contribution in [0, 0.1) is 11.8 Å². The van der Waals surface area contributed by atoms with E-state index in [1.165, 1.54) is 84.2 Å². The largest absolute Gasteiger partial charge is 0.303 e. The number of fused-ring (bicyclic) bond motifs is 2. The van der Waals surface area contributed by atoms with Crippen LogP contribution in [0.1, 0.15) is 58.8 Å². The van der Waals surface area contributed by atoms with Gasteiger partial charge in [0.25, 0.3) is 0 Å². The Balaban J connectivity index is 1.69. The maximum absolute atomic E-state index is 2.76. The van der Waals surface area contributed by atoms with Gasteiger partial charge in [-0.25, -0.2) is 0 Å². The van der Waals surface area contributed by atoms with Crippen LogP contribution in [0.15, 0.2) is 0 Å². The van der Waals surface area contributed by atoms with E-state index in [1.54, 1.807) is 0 Å². The summed E-state index contributed by atoms with van der Waals surface area (Å²) in [4.78, 5) is 5.52. The first-order valence-electron chi connectivity index (χ1n) is 8.76. The molecule has 0 aromatic rings. The molecule has 2 heterocycles. The van der Waals surface area contributed by atoms with Crippen molar-refractivity contribution in [2.45, 2.75) is 58.8 Å². The molecule has 0 aromatic carbocycles. The third-order valence-corrected chi connectivity index (χ3v) is 4.89. The molecule has 2 saturated heterocycles. The molecule has 2 rings (SSSR count). The summed E-state index contributed by atoms with van der Waals surface area (Å²) < 4.78 is 0. The van der Waals surface area contributed by atoms with Gasteiger partial charge in [0.15, 0.2) is 0 Å². The summed E-state index contributed by atoms with van der Waals surface area (Å²) in [7, 11) is 0. The standard InChI is InChI=1S/C17H34N2/c1-3-5-7-9-18-12-16-11-17(13-18)15-19(14-16)10-8-6-4-2/h16-17H,3-15H2,1-2H3. The molecule has 0 atom stereocenters. The summed E-state index contributed by atoms with van der Waals surface area (Å²) in [5.74, 6) is 1.94. The van der Waals surface area contributed by atoms with Crippen molar-refractivity contribution >= 4 is 0 Å². The zero-order valence-corrected chi connectivity index (χ0v) is 13.2. The van der Waals surface area contributed by atoms with Gasteiger partial charge in [0, 0.05) is 26.2 Å². The molecule has 2 nitrogen and oxygen atoms in total. The van der Waals surface area contributed by atoms with Gasteiger partial charge in [0.1, 0.15) is 0 Å². The first-order valence-corrected chi connectivity index (χ1v) is 8.76. The minimum atomic E-state index is 0.968. The first-order chi connectivity index (χ1) is 9.31. The highest BCUT2D eigenvalue weighted by atomic mass is 15.2. The lowest BCUT2D eigenvalue weighted by molar-refractivity contribution is 0.0300. The average Bonchev–Trinajstić information content (AvgIpc) is 2.38. The van der Waals surface area contributed by atoms with Crippen molar-refractivity contribution in [2.24, 2.45) is 11.8 Å². The summed E-state index contributed by atoms with van der Waals surface area (Å²) in [6, 6.07) is 0. The molecule has 2 heteroatoms. The van der Waals surface area contributed by atoms with Crippen LogP contribution < -0.4 is 0 Å². The highest BCUT2D eigenvalue weighted by Gasteiger charge is 2.33. The van der Waals surface area contributed by atoms with E-state index in [0.29, 0.717) is 0 Å². The van der Waals surface area contributed by atoms with Crippen LogP contribution in [-0.2, 0) is 0 Å². The second kappa shape index (κ2) is 8.26. The lowest BCUT2D eigenvalue weighted by Crippen LogP contribution is -2.52. The molecule has 2 fully saturated rings. The first kappa shape index (κ1) is 15.3. The highest BCUT2D eigenvalue weighted by molar-refractivity contribution is 4.87. The number of piperidine rings is 2. The molecule has 0 spiro atoms. The fraction of sp³-hybridized carbons (Fsp3) is 1.00. The highest BCUT2D eigenvalue weighted by Crippen LogP contribution is 2.28. The number of rotatable bonds is 8. The molecule has 2 bridgehead atoms. The molecule has 19 heavy (non-hydrogen) atoms. The molecular weight excluding hydrogens is 232 g/mol. The van der Waals surface area contributed by atoms with Gasteiger partial charge in [-0.1, -0.05) is 39.5 Å². The molecule has 2 aliphatic rings. The van der Waals surface area contributed by atoms with Crippen LogP contribution in [0.4, 0.5) is 0 Å². The van der Waals surface area contributed by atoms with Crippen LogP contribution in [0.5, 0.6) is 0 Å². The quantitative estimate of drug-likeness (QED) is 0.619. The maximum Gasteiger partial charge on any atom is 0.00221 e.